The van der Waals surface area contributed by atoms with Gasteiger partial charge < -0.3 is 15.0 Å². The summed E-state index contributed by atoms with van der Waals surface area (Å²) in [4.78, 5) is 36.7. The molecule has 0 bridgehead atoms. The quantitative estimate of drug-likeness (QED) is 0.714. The highest BCUT2D eigenvalue weighted by atomic mass is 16.5. The predicted molar refractivity (Wildman–Crippen MR) is 117 cm³/mol. The van der Waals surface area contributed by atoms with Crippen molar-refractivity contribution in [3.63, 3.8) is 0 Å². The molecule has 0 radical (unpaired) electrons. The number of carbonyl (C=O) groups is 2. The first-order valence-electron chi connectivity index (χ1n) is 10.0. The Morgan fingerprint density at radius 2 is 2.00 bits per heavy atom. The Morgan fingerprint density at radius 3 is 2.74 bits per heavy atom. The number of pyridine rings is 1. The SMILES string of the molecule is COc1cc2c3c(c1)C(c1ccccc1)=N[C@@H](NC(=O)c1cccnc1)C(=O)N3CC2. The van der Waals surface area contributed by atoms with E-state index in [4.69, 9.17) is 9.73 Å². The molecule has 0 saturated carbocycles. The molecule has 0 saturated heterocycles. The van der Waals surface area contributed by atoms with E-state index in [9.17, 15) is 9.59 Å². The third-order valence-corrected chi connectivity index (χ3v) is 5.52. The Labute approximate surface area is 179 Å². The van der Waals surface area contributed by atoms with Crippen LogP contribution in [0.5, 0.6) is 5.75 Å². The monoisotopic (exact) mass is 412 g/mol. The Kier molecular flexibility index (Phi) is 4.71. The van der Waals surface area contributed by atoms with Crippen molar-refractivity contribution >= 4 is 23.2 Å². The minimum atomic E-state index is -1.05. The predicted octanol–water partition coefficient (Wildman–Crippen LogP) is 2.59. The summed E-state index contributed by atoms with van der Waals surface area (Å²) in [5.41, 5.74) is 4.57. The molecule has 2 aliphatic rings. The van der Waals surface area contributed by atoms with Gasteiger partial charge in [0, 0.05) is 30.1 Å². The first kappa shape index (κ1) is 19.0. The lowest BCUT2D eigenvalue weighted by atomic mass is 9.97. The summed E-state index contributed by atoms with van der Waals surface area (Å²) >= 11 is 0. The molecule has 1 atom stereocenters. The van der Waals surface area contributed by atoms with E-state index in [2.05, 4.69) is 10.3 Å². The summed E-state index contributed by atoms with van der Waals surface area (Å²) in [6.07, 6.45) is 2.73. The van der Waals surface area contributed by atoms with Gasteiger partial charge in [-0.2, -0.15) is 0 Å². The van der Waals surface area contributed by atoms with Crippen LogP contribution in [0.1, 0.15) is 27.0 Å². The Hall–Kier alpha value is -4.00. The number of methoxy groups -OCH3 is 1. The van der Waals surface area contributed by atoms with Gasteiger partial charge in [-0.1, -0.05) is 30.3 Å². The van der Waals surface area contributed by atoms with Crippen LogP contribution in [0.3, 0.4) is 0 Å². The Bertz CT molecular complexity index is 1190. The summed E-state index contributed by atoms with van der Waals surface area (Å²) in [7, 11) is 1.62. The molecule has 5 rings (SSSR count). The van der Waals surface area contributed by atoms with E-state index in [0.29, 0.717) is 23.6 Å². The second-order valence-electron chi connectivity index (χ2n) is 7.38. The second-order valence-corrected chi connectivity index (χ2v) is 7.38. The van der Waals surface area contributed by atoms with Crippen LogP contribution < -0.4 is 15.0 Å². The zero-order valence-electron chi connectivity index (χ0n) is 16.9. The molecule has 3 aromatic rings. The van der Waals surface area contributed by atoms with Gasteiger partial charge >= 0.3 is 0 Å². The van der Waals surface area contributed by atoms with E-state index in [0.717, 1.165) is 28.8 Å². The zero-order chi connectivity index (χ0) is 21.4. The molecule has 7 nitrogen and oxygen atoms in total. The number of anilines is 1. The normalized spacial score (nSPS) is 16.9. The molecule has 7 heteroatoms. The third kappa shape index (κ3) is 3.34. The molecule has 0 fully saturated rings. The highest BCUT2D eigenvalue weighted by Crippen LogP contribution is 2.39. The van der Waals surface area contributed by atoms with E-state index in [1.165, 1.54) is 6.20 Å². The maximum atomic E-state index is 13.4. The van der Waals surface area contributed by atoms with Crippen molar-refractivity contribution < 1.29 is 14.3 Å². The van der Waals surface area contributed by atoms with Gasteiger partial charge in [0.25, 0.3) is 11.8 Å². The van der Waals surface area contributed by atoms with Crippen LogP contribution >= 0.6 is 0 Å². The second kappa shape index (κ2) is 7.68. The summed E-state index contributed by atoms with van der Waals surface area (Å²) in [5.74, 6) is 0.0587. The van der Waals surface area contributed by atoms with Crippen molar-refractivity contribution in [1.29, 1.82) is 0 Å². The lowest BCUT2D eigenvalue weighted by Crippen LogP contribution is -2.47. The third-order valence-electron chi connectivity index (χ3n) is 5.52. The number of aliphatic imine (C=N–C) groups is 1. The van der Waals surface area contributed by atoms with Gasteiger partial charge in [0.2, 0.25) is 6.17 Å². The number of nitrogens with zero attached hydrogens (tertiary/aromatic N) is 3. The molecule has 1 N–H and O–H groups in total. The molecular weight excluding hydrogens is 392 g/mol. The van der Waals surface area contributed by atoms with Crippen molar-refractivity contribution in [1.82, 2.24) is 10.3 Å². The molecule has 2 aliphatic heterocycles. The smallest absolute Gasteiger partial charge is 0.272 e. The fraction of sp³-hybridized carbons (Fsp3) is 0.167. The van der Waals surface area contributed by atoms with Crippen LogP contribution in [0.2, 0.25) is 0 Å². The molecule has 31 heavy (non-hydrogen) atoms. The molecule has 2 amide bonds. The first-order valence-corrected chi connectivity index (χ1v) is 10.0. The molecular formula is C24H20N4O3. The highest BCUT2D eigenvalue weighted by Gasteiger charge is 2.37. The number of hydrogen-bond donors (Lipinski definition) is 1. The van der Waals surface area contributed by atoms with Crippen LogP contribution in [0.15, 0.2) is 72.0 Å². The lowest BCUT2D eigenvalue weighted by molar-refractivity contribution is -0.120. The summed E-state index contributed by atoms with van der Waals surface area (Å²) < 4.78 is 5.51. The number of ether oxygens (including phenoxy) is 1. The fourth-order valence-corrected chi connectivity index (χ4v) is 4.06. The molecule has 2 aromatic carbocycles. The van der Waals surface area contributed by atoms with Crippen LogP contribution in [0.4, 0.5) is 5.69 Å². The minimum Gasteiger partial charge on any atom is -0.497 e. The maximum absolute atomic E-state index is 13.4. The number of rotatable bonds is 4. The topological polar surface area (TPSA) is 83.9 Å². The van der Waals surface area contributed by atoms with Gasteiger partial charge in [0.15, 0.2) is 0 Å². The molecule has 0 spiro atoms. The van der Waals surface area contributed by atoms with Gasteiger partial charge in [-0.3, -0.25) is 14.6 Å². The number of carbonyl (C=O) groups excluding carboxylic acids is 2. The molecule has 0 aliphatic carbocycles. The first-order chi connectivity index (χ1) is 15.2. The average Bonchev–Trinajstić information content (AvgIpc) is 3.21. The van der Waals surface area contributed by atoms with Gasteiger partial charge in [0.1, 0.15) is 5.75 Å². The van der Waals surface area contributed by atoms with Gasteiger partial charge in [-0.15, -0.1) is 0 Å². The van der Waals surface area contributed by atoms with Crippen molar-refractivity contribution in [2.45, 2.75) is 12.6 Å². The zero-order valence-corrected chi connectivity index (χ0v) is 16.9. The fourth-order valence-electron chi connectivity index (χ4n) is 4.06. The number of aromatic nitrogens is 1. The molecule has 1 aromatic heterocycles. The minimum absolute atomic E-state index is 0.256. The van der Waals surface area contributed by atoms with Crippen LogP contribution in [-0.4, -0.2) is 42.3 Å². The largest absolute Gasteiger partial charge is 0.497 e. The summed E-state index contributed by atoms with van der Waals surface area (Å²) in [5, 5.41) is 2.79. The molecule has 0 unspecified atom stereocenters. The average molecular weight is 412 g/mol. The van der Waals surface area contributed by atoms with E-state index >= 15 is 0 Å². The van der Waals surface area contributed by atoms with Crippen molar-refractivity contribution in [2.24, 2.45) is 4.99 Å². The van der Waals surface area contributed by atoms with Gasteiger partial charge in [-0.05, 0) is 36.2 Å². The molecule has 3 heterocycles. The number of hydrogen-bond acceptors (Lipinski definition) is 5. The Morgan fingerprint density at radius 1 is 1.16 bits per heavy atom. The summed E-state index contributed by atoms with van der Waals surface area (Å²) in [6.45, 7) is 0.533. The number of amides is 2. The van der Waals surface area contributed by atoms with E-state index in [-0.39, 0.29) is 5.91 Å². The van der Waals surface area contributed by atoms with Crippen LogP contribution in [-0.2, 0) is 11.2 Å². The van der Waals surface area contributed by atoms with Gasteiger partial charge in [0.05, 0.1) is 24.1 Å². The highest BCUT2D eigenvalue weighted by molar-refractivity contribution is 6.21. The van der Waals surface area contributed by atoms with Crippen LogP contribution in [0, 0.1) is 0 Å². The van der Waals surface area contributed by atoms with E-state index in [1.807, 2.05) is 42.5 Å². The van der Waals surface area contributed by atoms with Crippen molar-refractivity contribution in [2.75, 3.05) is 18.6 Å². The maximum Gasteiger partial charge on any atom is 0.272 e. The van der Waals surface area contributed by atoms with Crippen LogP contribution in [0.25, 0.3) is 0 Å². The van der Waals surface area contributed by atoms with Gasteiger partial charge in [-0.25, -0.2) is 4.99 Å². The molecule has 154 valence electrons. The van der Waals surface area contributed by atoms with E-state index in [1.54, 1.807) is 30.3 Å². The Balaban J connectivity index is 1.64. The van der Waals surface area contributed by atoms with Crippen molar-refractivity contribution in [3.8, 4) is 5.75 Å². The number of benzene rings is 2. The summed E-state index contributed by atoms with van der Waals surface area (Å²) in [6, 6.07) is 16.9. The van der Waals surface area contributed by atoms with E-state index < -0.39 is 12.1 Å². The standard InChI is InChI=1S/C24H20N4O3/c1-31-18-12-16-9-11-28-21(16)19(13-18)20(15-6-3-2-4-7-15)26-22(24(28)30)27-23(29)17-8-5-10-25-14-17/h2-8,10,12-14,22H,9,11H2,1H3,(H,27,29)/t22-/m0/s1. The number of nitrogens with one attached hydrogen (secondary N) is 1. The lowest BCUT2D eigenvalue weighted by Gasteiger charge is -2.21. The van der Waals surface area contributed by atoms with Crippen molar-refractivity contribution in [3.05, 3.63) is 89.2 Å².